The summed E-state index contributed by atoms with van der Waals surface area (Å²) in [5.74, 6) is -0.412. The molecular formula is C14H16ClN3O4S. The van der Waals surface area contributed by atoms with Crippen molar-refractivity contribution in [1.29, 1.82) is 0 Å². The van der Waals surface area contributed by atoms with Crippen LogP contribution < -0.4 is 5.32 Å². The highest BCUT2D eigenvalue weighted by Gasteiger charge is 2.23. The molecule has 2 aromatic rings. The van der Waals surface area contributed by atoms with Gasteiger partial charge in [-0.05, 0) is 24.1 Å². The van der Waals surface area contributed by atoms with Gasteiger partial charge in [0.2, 0.25) is 21.6 Å². The highest BCUT2D eigenvalue weighted by atomic mass is 35.5. The Balaban J connectivity index is 2.05. The summed E-state index contributed by atoms with van der Waals surface area (Å²) >= 11 is 5.83. The van der Waals surface area contributed by atoms with Crippen molar-refractivity contribution in [2.24, 2.45) is 0 Å². The van der Waals surface area contributed by atoms with Crippen molar-refractivity contribution in [2.45, 2.75) is 37.3 Å². The second-order valence-electron chi connectivity index (χ2n) is 4.88. The number of carbonyl (C=O) groups excluding carboxylic acids is 1. The molecule has 0 saturated heterocycles. The Kier molecular flexibility index (Phi) is 5.73. The molecule has 1 N–H and O–H groups in total. The van der Waals surface area contributed by atoms with Crippen molar-refractivity contribution in [3.8, 4) is 0 Å². The van der Waals surface area contributed by atoms with Gasteiger partial charge in [0.25, 0.3) is 0 Å². The first-order valence-electron chi connectivity index (χ1n) is 6.97. The third-order valence-electron chi connectivity index (χ3n) is 2.87. The van der Waals surface area contributed by atoms with E-state index in [4.69, 9.17) is 16.0 Å². The summed E-state index contributed by atoms with van der Waals surface area (Å²) in [4.78, 5) is 11.4. The third-order valence-corrected chi connectivity index (χ3v) is 4.52. The summed E-state index contributed by atoms with van der Waals surface area (Å²) in [5.41, 5.74) is 0.522. The molecule has 0 atom stereocenters. The van der Waals surface area contributed by atoms with Crippen LogP contribution in [0.1, 0.15) is 31.2 Å². The van der Waals surface area contributed by atoms with Crippen LogP contribution in [0.4, 0.5) is 0 Å². The lowest BCUT2D eigenvalue weighted by Crippen LogP contribution is -2.22. The Bertz CT molecular complexity index is 789. The summed E-state index contributed by atoms with van der Waals surface area (Å²) in [6.45, 7) is 1.88. The van der Waals surface area contributed by atoms with Crippen LogP contribution in [0.3, 0.4) is 0 Å². The molecule has 0 spiro atoms. The van der Waals surface area contributed by atoms with Crippen LogP contribution in [-0.2, 0) is 26.9 Å². The first-order valence-corrected chi connectivity index (χ1v) is 9.00. The van der Waals surface area contributed by atoms with Gasteiger partial charge in [0, 0.05) is 11.4 Å². The molecule has 7 nitrogen and oxygen atoms in total. The number of amides is 1. The predicted octanol–water partition coefficient (Wildman–Crippen LogP) is 2.11. The minimum Gasteiger partial charge on any atom is -0.411 e. The highest BCUT2D eigenvalue weighted by molar-refractivity contribution is 7.90. The van der Waals surface area contributed by atoms with Crippen LogP contribution in [0.25, 0.3) is 0 Å². The first kappa shape index (κ1) is 17.4. The number of carbonyl (C=O) groups is 1. The van der Waals surface area contributed by atoms with Gasteiger partial charge in [0.15, 0.2) is 0 Å². The molecule has 0 unspecified atom stereocenters. The maximum atomic E-state index is 12.2. The Morgan fingerprint density at radius 3 is 2.83 bits per heavy atom. The van der Waals surface area contributed by atoms with Crippen molar-refractivity contribution in [3.05, 3.63) is 40.7 Å². The van der Waals surface area contributed by atoms with Crippen molar-refractivity contribution < 1.29 is 17.6 Å². The van der Waals surface area contributed by atoms with E-state index >= 15 is 0 Å². The number of aromatic nitrogens is 2. The van der Waals surface area contributed by atoms with Gasteiger partial charge in [0.1, 0.15) is 0 Å². The molecule has 2 rings (SSSR count). The fourth-order valence-electron chi connectivity index (χ4n) is 1.83. The zero-order chi connectivity index (χ0) is 16.9. The number of rotatable bonds is 7. The minimum absolute atomic E-state index is 0.00147. The quantitative estimate of drug-likeness (QED) is 0.814. The Morgan fingerprint density at radius 1 is 1.35 bits per heavy atom. The normalized spacial score (nSPS) is 11.4. The molecule has 0 aliphatic rings. The predicted molar refractivity (Wildman–Crippen MR) is 83.4 cm³/mol. The topological polar surface area (TPSA) is 102 Å². The molecule has 1 aromatic carbocycles. The number of nitrogens with one attached hydrogen (secondary N) is 1. The van der Waals surface area contributed by atoms with Crippen molar-refractivity contribution in [1.82, 2.24) is 15.5 Å². The van der Waals surface area contributed by atoms with Gasteiger partial charge in [-0.25, -0.2) is 8.42 Å². The maximum Gasteiger partial charge on any atom is 0.335 e. The molecule has 124 valence electrons. The maximum absolute atomic E-state index is 12.2. The smallest absolute Gasteiger partial charge is 0.335 e. The van der Waals surface area contributed by atoms with E-state index in [2.05, 4.69) is 15.5 Å². The van der Waals surface area contributed by atoms with Crippen LogP contribution in [0, 0.1) is 0 Å². The van der Waals surface area contributed by atoms with E-state index in [1.54, 1.807) is 24.3 Å². The minimum atomic E-state index is -3.77. The van der Waals surface area contributed by atoms with Crippen molar-refractivity contribution in [2.75, 3.05) is 0 Å². The lowest BCUT2D eigenvalue weighted by molar-refractivity contribution is -0.121. The molecule has 9 heteroatoms. The molecule has 0 aliphatic heterocycles. The second-order valence-corrected chi connectivity index (χ2v) is 7.18. The lowest BCUT2D eigenvalue weighted by atomic mass is 10.2. The number of halogens is 1. The van der Waals surface area contributed by atoms with Crippen LogP contribution in [-0.4, -0.2) is 24.5 Å². The fourth-order valence-corrected chi connectivity index (χ4v) is 3.18. The number of sulfone groups is 1. The Hall–Kier alpha value is -1.93. The fraction of sp³-hybridized carbons (Fsp3) is 0.357. The number of hydrogen-bond donors (Lipinski definition) is 1. The highest BCUT2D eigenvalue weighted by Crippen LogP contribution is 2.18. The monoisotopic (exact) mass is 357 g/mol. The summed E-state index contributed by atoms with van der Waals surface area (Å²) in [5, 5.41) is 9.72. The average molecular weight is 358 g/mol. The average Bonchev–Trinajstić information content (AvgIpc) is 2.95. The largest absolute Gasteiger partial charge is 0.411 e. The van der Waals surface area contributed by atoms with E-state index in [1.165, 1.54) is 0 Å². The van der Waals surface area contributed by atoms with Gasteiger partial charge in [0.05, 0.1) is 12.3 Å². The molecule has 1 aromatic heterocycles. The third kappa shape index (κ3) is 5.04. The Labute approximate surface area is 139 Å². The van der Waals surface area contributed by atoms with Crippen LogP contribution in [0.15, 0.2) is 33.9 Å². The van der Waals surface area contributed by atoms with E-state index in [0.29, 0.717) is 17.0 Å². The molecule has 0 bridgehead atoms. The van der Waals surface area contributed by atoms with Gasteiger partial charge in [-0.15, -0.1) is 5.10 Å². The van der Waals surface area contributed by atoms with Crippen LogP contribution in [0.2, 0.25) is 5.02 Å². The van der Waals surface area contributed by atoms with E-state index in [9.17, 15) is 13.2 Å². The summed E-state index contributed by atoms with van der Waals surface area (Å²) in [6.07, 6.45) is 1.10. The van der Waals surface area contributed by atoms with Gasteiger partial charge in [-0.1, -0.05) is 35.8 Å². The standard InChI is InChI=1S/C14H16ClN3O4S/c1-2-4-12(19)16-8-13-17-18-14(22-13)23(20,21)9-10-5-3-6-11(15)7-10/h3,5-7H,2,4,8-9H2,1H3,(H,16,19). The lowest BCUT2D eigenvalue weighted by Gasteiger charge is -2.01. The van der Waals surface area contributed by atoms with E-state index in [-0.39, 0.29) is 24.1 Å². The molecule has 1 heterocycles. The van der Waals surface area contributed by atoms with Gasteiger partial charge in [-0.2, -0.15) is 0 Å². The number of nitrogens with zero attached hydrogens (tertiary/aromatic N) is 2. The van der Waals surface area contributed by atoms with E-state index < -0.39 is 15.1 Å². The molecule has 23 heavy (non-hydrogen) atoms. The second kappa shape index (κ2) is 7.56. The van der Waals surface area contributed by atoms with Gasteiger partial charge < -0.3 is 9.73 Å². The van der Waals surface area contributed by atoms with E-state index in [1.807, 2.05) is 6.92 Å². The Morgan fingerprint density at radius 2 is 2.13 bits per heavy atom. The molecule has 1 amide bonds. The molecular weight excluding hydrogens is 342 g/mol. The van der Waals surface area contributed by atoms with Gasteiger partial charge in [-0.3, -0.25) is 4.79 Å². The zero-order valence-corrected chi connectivity index (χ0v) is 14.0. The molecule has 0 aliphatic carbocycles. The summed E-state index contributed by atoms with van der Waals surface area (Å²) < 4.78 is 29.6. The summed E-state index contributed by atoms with van der Waals surface area (Å²) in [7, 11) is -3.77. The number of hydrogen-bond acceptors (Lipinski definition) is 6. The zero-order valence-electron chi connectivity index (χ0n) is 12.5. The first-order chi connectivity index (χ1) is 10.9. The van der Waals surface area contributed by atoms with Gasteiger partial charge >= 0.3 is 5.22 Å². The molecule has 0 radical (unpaired) electrons. The summed E-state index contributed by atoms with van der Waals surface area (Å²) in [6, 6.07) is 6.52. The van der Waals surface area contributed by atoms with Crippen molar-refractivity contribution in [3.63, 3.8) is 0 Å². The van der Waals surface area contributed by atoms with Crippen LogP contribution >= 0.6 is 11.6 Å². The molecule has 0 fully saturated rings. The van der Waals surface area contributed by atoms with E-state index in [0.717, 1.165) is 6.42 Å². The van der Waals surface area contributed by atoms with Crippen molar-refractivity contribution >= 4 is 27.3 Å². The van der Waals surface area contributed by atoms with Crippen LogP contribution in [0.5, 0.6) is 0 Å². The molecule has 0 saturated carbocycles. The SMILES string of the molecule is CCCC(=O)NCc1nnc(S(=O)(=O)Cc2cccc(Cl)c2)o1. The number of benzene rings is 1.